The van der Waals surface area contributed by atoms with Gasteiger partial charge < -0.3 is 10.2 Å². The number of aromatic nitrogens is 2. The molecular formula is C24H30N8O. The molecule has 0 saturated heterocycles. The molecule has 1 amide bonds. The first-order chi connectivity index (χ1) is 15.7. The summed E-state index contributed by atoms with van der Waals surface area (Å²) in [5.41, 5.74) is 2.01. The minimum absolute atomic E-state index is 0.0243. The molecule has 1 N–H and O–H groups in total. The minimum Gasteiger partial charge on any atom is -0.371 e. The third-order valence-electron chi connectivity index (χ3n) is 4.55. The molecule has 2 rings (SSSR count). The van der Waals surface area contributed by atoms with E-state index in [4.69, 9.17) is 0 Å². The lowest BCUT2D eigenvalue weighted by molar-refractivity contribution is -0.114. The highest BCUT2D eigenvalue weighted by molar-refractivity contribution is 5.93. The number of rotatable bonds is 10. The van der Waals surface area contributed by atoms with Gasteiger partial charge in [0.15, 0.2) is 11.4 Å². The third kappa shape index (κ3) is 6.75. The summed E-state index contributed by atoms with van der Waals surface area (Å²) in [6, 6.07) is 9.49. The second-order valence-corrected chi connectivity index (χ2v) is 8.51. The molecule has 1 aromatic heterocycles. The summed E-state index contributed by atoms with van der Waals surface area (Å²) >= 11 is 0. The number of nitrogens with one attached hydrogen (secondary N) is 1. The Morgan fingerprint density at radius 2 is 1.88 bits per heavy atom. The molecule has 0 aliphatic heterocycles. The zero-order valence-corrected chi connectivity index (χ0v) is 19.8. The summed E-state index contributed by atoms with van der Waals surface area (Å²) in [6.45, 7) is 15.8. The fraction of sp³-hybridized carbons (Fsp3) is 0.417. The largest absolute Gasteiger partial charge is 0.371 e. The number of carbonyl (C=O) groups is 1. The van der Waals surface area contributed by atoms with E-state index in [9.17, 15) is 15.3 Å². The highest BCUT2D eigenvalue weighted by atomic mass is 16.1. The lowest BCUT2D eigenvalue weighted by atomic mass is 10.1. The van der Waals surface area contributed by atoms with E-state index in [-0.39, 0.29) is 29.8 Å². The van der Waals surface area contributed by atoms with Crippen LogP contribution >= 0.6 is 0 Å². The Hall–Kier alpha value is -3.98. The Morgan fingerprint density at radius 1 is 1.21 bits per heavy atom. The van der Waals surface area contributed by atoms with E-state index in [0.29, 0.717) is 23.2 Å². The number of carbonyl (C=O) groups excluding carboxylic acids is 1. The van der Waals surface area contributed by atoms with Gasteiger partial charge in [0, 0.05) is 32.2 Å². The zero-order chi connectivity index (χ0) is 24.5. The van der Waals surface area contributed by atoms with Gasteiger partial charge >= 0.3 is 0 Å². The van der Waals surface area contributed by atoms with Gasteiger partial charge in [0.2, 0.25) is 5.91 Å². The van der Waals surface area contributed by atoms with Crippen LogP contribution in [0.4, 0.5) is 23.0 Å². The molecule has 0 fully saturated rings. The Kier molecular flexibility index (Phi) is 8.88. The summed E-state index contributed by atoms with van der Waals surface area (Å²) in [7, 11) is 0. The first-order valence-electron chi connectivity index (χ1n) is 10.8. The number of azo groups is 1. The topological polar surface area (TPSA) is 122 Å². The maximum Gasteiger partial charge on any atom is 0.252 e. The van der Waals surface area contributed by atoms with E-state index in [0.717, 1.165) is 18.8 Å². The number of imidazole rings is 1. The van der Waals surface area contributed by atoms with Crippen molar-refractivity contribution in [2.24, 2.45) is 22.1 Å². The van der Waals surface area contributed by atoms with Crippen molar-refractivity contribution in [3.63, 3.8) is 0 Å². The van der Waals surface area contributed by atoms with E-state index in [1.807, 2.05) is 24.3 Å². The summed E-state index contributed by atoms with van der Waals surface area (Å²) in [5, 5.41) is 29.9. The number of hydrogen-bond acceptors (Lipinski definition) is 7. The monoisotopic (exact) mass is 446 g/mol. The maximum absolute atomic E-state index is 11.8. The smallest absolute Gasteiger partial charge is 0.252 e. The zero-order valence-electron chi connectivity index (χ0n) is 19.8. The van der Waals surface area contributed by atoms with Crippen molar-refractivity contribution in [1.82, 2.24) is 9.55 Å². The minimum atomic E-state index is -0.227. The Labute approximate surface area is 195 Å². The van der Waals surface area contributed by atoms with E-state index in [2.05, 4.69) is 59.7 Å². The van der Waals surface area contributed by atoms with Crippen LogP contribution < -0.4 is 10.2 Å². The summed E-state index contributed by atoms with van der Waals surface area (Å²) in [4.78, 5) is 18.2. The molecule has 33 heavy (non-hydrogen) atoms. The molecule has 9 nitrogen and oxygen atoms in total. The average Bonchev–Trinajstić information content (AvgIpc) is 3.08. The normalized spacial score (nSPS) is 10.9. The van der Waals surface area contributed by atoms with Crippen molar-refractivity contribution in [3.8, 4) is 12.1 Å². The standard InChI is InChI=1S/C24H30N8O/c1-7-10-32-23(13-26)22(12-25)28-24(32)30-29-20-9-8-19(11-21(20)27-18(6)33)31(14-16(2)3)15-17(4)5/h7-9,11,16-17H,1,10,14-15H2,2-6H3,(H,27,33)/b30-29+. The van der Waals surface area contributed by atoms with Gasteiger partial charge in [0.1, 0.15) is 17.8 Å². The van der Waals surface area contributed by atoms with Crippen LogP contribution in [0.2, 0.25) is 0 Å². The van der Waals surface area contributed by atoms with Crippen molar-refractivity contribution in [2.75, 3.05) is 23.3 Å². The Bertz CT molecular complexity index is 1100. The van der Waals surface area contributed by atoms with Crippen LogP contribution in [-0.2, 0) is 11.3 Å². The fourth-order valence-electron chi connectivity index (χ4n) is 3.37. The second kappa shape index (κ2) is 11.6. The average molecular weight is 447 g/mol. The lowest BCUT2D eigenvalue weighted by Crippen LogP contribution is -2.31. The van der Waals surface area contributed by atoms with E-state index >= 15 is 0 Å². The molecule has 0 atom stereocenters. The number of benzene rings is 1. The number of hydrogen-bond donors (Lipinski definition) is 1. The lowest BCUT2D eigenvalue weighted by Gasteiger charge is -2.29. The fourth-order valence-corrected chi connectivity index (χ4v) is 3.37. The van der Waals surface area contributed by atoms with Gasteiger partial charge in [-0.2, -0.15) is 15.5 Å². The van der Waals surface area contributed by atoms with Crippen molar-refractivity contribution in [1.29, 1.82) is 10.5 Å². The second-order valence-electron chi connectivity index (χ2n) is 8.51. The predicted octanol–water partition coefficient (Wildman–Crippen LogP) is 5.30. The van der Waals surface area contributed by atoms with Crippen molar-refractivity contribution < 1.29 is 4.79 Å². The molecule has 1 aromatic carbocycles. The third-order valence-corrected chi connectivity index (χ3v) is 4.55. The van der Waals surface area contributed by atoms with Gasteiger partial charge in [0.05, 0.1) is 5.69 Å². The number of amides is 1. The molecule has 9 heteroatoms. The maximum atomic E-state index is 11.8. The van der Waals surface area contributed by atoms with Gasteiger partial charge in [0.25, 0.3) is 5.95 Å². The molecular weight excluding hydrogens is 416 g/mol. The van der Waals surface area contributed by atoms with Crippen LogP contribution in [0, 0.1) is 34.5 Å². The van der Waals surface area contributed by atoms with Gasteiger partial charge in [-0.15, -0.1) is 16.8 Å². The molecule has 0 bridgehead atoms. The Morgan fingerprint density at radius 3 is 2.39 bits per heavy atom. The van der Waals surface area contributed by atoms with Crippen molar-refractivity contribution in [2.45, 2.75) is 41.2 Å². The van der Waals surface area contributed by atoms with Crippen molar-refractivity contribution in [3.05, 3.63) is 42.2 Å². The van der Waals surface area contributed by atoms with Crippen LogP contribution in [0.3, 0.4) is 0 Å². The highest BCUT2D eigenvalue weighted by Gasteiger charge is 2.17. The summed E-state index contributed by atoms with van der Waals surface area (Å²) in [5.74, 6) is 0.830. The first-order valence-corrected chi connectivity index (χ1v) is 10.8. The first kappa shape index (κ1) is 25.3. The molecule has 2 aromatic rings. The number of nitriles is 2. The Balaban J connectivity index is 2.51. The highest BCUT2D eigenvalue weighted by Crippen LogP contribution is 2.32. The molecule has 0 aliphatic rings. The molecule has 0 saturated carbocycles. The van der Waals surface area contributed by atoms with Gasteiger partial charge in [-0.3, -0.25) is 9.36 Å². The molecule has 1 heterocycles. The molecule has 0 spiro atoms. The molecule has 0 radical (unpaired) electrons. The van der Waals surface area contributed by atoms with Crippen LogP contribution in [0.5, 0.6) is 0 Å². The predicted molar refractivity (Wildman–Crippen MR) is 129 cm³/mol. The van der Waals surface area contributed by atoms with E-state index in [1.54, 1.807) is 12.1 Å². The SMILES string of the molecule is C=CCn1c(/N=N/c2ccc(N(CC(C)C)CC(C)C)cc2NC(C)=O)nc(C#N)c1C#N. The van der Waals surface area contributed by atoms with Crippen LogP contribution in [0.1, 0.15) is 46.0 Å². The molecule has 172 valence electrons. The van der Waals surface area contributed by atoms with E-state index in [1.165, 1.54) is 11.5 Å². The number of nitrogens with zero attached hydrogens (tertiary/aromatic N) is 7. The van der Waals surface area contributed by atoms with Crippen molar-refractivity contribution >= 4 is 28.9 Å². The van der Waals surface area contributed by atoms with Gasteiger partial charge in [-0.25, -0.2) is 0 Å². The number of allylic oxidation sites excluding steroid dienone is 1. The molecule has 0 aliphatic carbocycles. The summed E-state index contributed by atoms with van der Waals surface area (Å²) in [6.07, 6.45) is 1.58. The van der Waals surface area contributed by atoms with Crippen LogP contribution in [0.15, 0.2) is 41.1 Å². The molecule has 0 unspecified atom stereocenters. The van der Waals surface area contributed by atoms with E-state index < -0.39 is 0 Å². The van der Waals surface area contributed by atoms with Gasteiger partial charge in [-0.1, -0.05) is 33.8 Å². The van der Waals surface area contributed by atoms with Crippen LogP contribution in [0.25, 0.3) is 0 Å². The van der Waals surface area contributed by atoms with Crippen LogP contribution in [-0.4, -0.2) is 28.5 Å². The quantitative estimate of drug-likeness (QED) is 0.392. The van der Waals surface area contributed by atoms with Gasteiger partial charge in [-0.05, 0) is 30.0 Å². The summed E-state index contributed by atoms with van der Waals surface area (Å²) < 4.78 is 1.47. The number of anilines is 2.